The van der Waals surface area contributed by atoms with Gasteiger partial charge in [-0.05, 0) is 20.8 Å². The Kier molecular flexibility index (Phi) is 28.9. The van der Waals surface area contributed by atoms with Crippen molar-refractivity contribution in [1.82, 2.24) is 0 Å². The van der Waals surface area contributed by atoms with Crippen LogP contribution in [-0.4, -0.2) is 63.3 Å². The van der Waals surface area contributed by atoms with E-state index in [-0.39, 0.29) is 0 Å². The molecular weight excluding hydrogens is 424 g/mol. The molecule has 0 spiro atoms. The maximum Gasteiger partial charge on any atom is 0.331 e. The van der Waals surface area contributed by atoms with Crippen molar-refractivity contribution in [2.24, 2.45) is 0 Å². The number of hydrogen-bond acceptors (Lipinski definition) is 6. The van der Waals surface area contributed by atoms with E-state index in [9.17, 15) is 14.4 Å². The molecule has 3 N–H and O–H groups in total. The van der Waals surface area contributed by atoms with Gasteiger partial charge in [-0.2, -0.15) is 0 Å². The zero-order valence-corrected chi connectivity index (χ0v) is 19.5. The van der Waals surface area contributed by atoms with Gasteiger partial charge in [0, 0.05) is 10.2 Å². The third-order valence-electron chi connectivity index (χ3n) is 3.03. The fourth-order valence-corrected chi connectivity index (χ4v) is 2.12. The lowest BCUT2D eigenvalue weighted by Crippen LogP contribution is -1.98. The predicted molar refractivity (Wildman–Crippen MR) is 118 cm³/mol. The van der Waals surface area contributed by atoms with Crippen molar-refractivity contribution in [2.45, 2.75) is 58.4 Å². The molecule has 1 rings (SSSR count). The Hall–Kier alpha value is -2.75. The van der Waals surface area contributed by atoms with E-state index in [4.69, 9.17) is 15.3 Å². The first-order valence-corrected chi connectivity index (χ1v) is 10.5. The first-order chi connectivity index (χ1) is 14.7. The van der Waals surface area contributed by atoms with Gasteiger partial charge in [-0.25, -0.2) is 14.4 Å². The van der Waals surface area contributed by atoms with E-state index in [1.807, 2.05) is 0 Å². The molecule has 0 atom stereocenters. The Morgan fingerprint density at radius 2 is 1.00 bits per heavy atom. The fourth-order valence-electron chi connectivity index (χ4n) is 1.71. The molecule has 0 heterocycles. The SMILES string of the molecule is CCOC=CC(=O)O.CCOC=CC(=O)O.CCOC=CC(=O)O.[Si]C1CCCCC1. The van der Waals surface area contributed by atoms with Crippen LogP contribution in [-0.2, 0) is 28.6 Å². The van der Waals surface area contributed by atoms with Crippen LogP contribution < -0.4 is 0 Å². The molecule has 1 saturated carbocycles. The summed E-state index contributed by atoms with van der Waals surface area (Å²) in [6.07, 6.45) is 13.4. The van der Waals surface area contributed by atoms with Gasteiger partial charge in [0.1, 0.15) is 0 Å². The Morgan fingerprint density at radius 3 is 1.16 bits per heavy atom. The first-order valence-electron chi connectivity index (χ1n) is 9.95. The highest BCUT2D eigenvalue weighted by atomic mass is 28.1. The van der Waals surface area contributed by atoms with Crippen LogP contribution in [0, 0.1) is 0 Å². The fraction of sp³-hybridized carbons (Fsp3) is 0.571. The number of ether oxygens (including phenoxy) is 3. The number of carbonyl (C=O) groups is 3. The van der Waals surface area contributed by atoms with Crippen LogP contribution in [0.15, 0.2) is 37.0 Å². The molecule has 1 fully saturated rings. The molecule has 0 aliphatic heterocycles. The van der Waals surface area contributed by atoms with E-state index in [0.717, 1.165) is 42.6 Å². The molecule has 31 heavy (non-hydrogen) atoms. The van der Waals surface area contributed by atoms with Crippen molar-refractivity contribution in [3.63, 3.8) is 0 Å². The van der Waals surface area contributed by atoms with E-state index in [1.165, 1.54) is 32.1 Å². The van der Waals surface area contributed by atoms with Crippen molar-refractivity contribution in [1.29, 1.82) is 0 Å². The van der Waals surface area contributed by atoms with Gasteiger partial charge in [0.15, 0.2) is 0 Å². The lowest BCUT2D eigenvalue weighted by Gasteiger charge is -2.15. The highest BCUT2D eigenvalue weighted by Gasteiger charge is 2.06. The minimum atomic E-state index is -0.988. The van der Waals surface area contributed by atoms with Crippen LogP contribution in [0.4, 0.5) is 0 Å². The molecule has 0 saturated heterocycles. The van der Waals surface area contributed by atoms with Crippen LogP contribution in [0.5, 0.6) is 0 Å². The summed E-state index contributed by atoms with van der Waals surface area (Å²) in [5.41, 5.74) is 0.841. The van der Waals surface area contributed by atoms with Gasteiger partial charge in [-0.1, -0.05) is 37.6 Å². The van der Waals surface area contributed by atoms with E-state index in [2.05, 4.69) is 24.5 Å². The number of aliphatic carboxylic acids is 3. The van der Waals surface area contributed by atoms with Gasteiger partial charge in [0.25, 0.3) is 0 Å². The molecule has 3 radical (unpaired) electrons. The Bertz CT molecular complexity index is 463. The van der Waals surface area contributed by atoms with E-state index in [1.54, 1.807) is 20.8 Å². The second-order valence-corrected chi connectivity index (χ2v) is 6.44. The zero-order valence-electron chi connectivity index (χ0n) is 18.5. The summed E-state index contributed by atoms with van der Waals surface area (Å²) in [4.78, 5) is 29.1. The second kappa shape index (κ2) is 27.2. The first kappa shape index (κ1) is 32.9. The molecule has 9 nitrogen and oxygen atoms in total. The molecule has 0 aromatic rings. The van der Waals surface area contributed by atoms with E-state index in [0.29, 0.717) is 19.8 Å². The quantitative estimate of drug-likeness (QED) is 0.267. The summed E-state index contributed by atoms with van der Waals surface area (Å²) < 4.78 is 13.7. The van der Waals surface area contributed by atoms with Crippen LogP contribution in [0.1, 0.15) is 52.9 Å². The number of hydrogen-bond donors (Lipinski definition) is 3. The topological polar surface area (TPSA) is 140 Å². The Morgan fingerprint density at radius 1 is 0.710 bits per heavy atom. The third kappa shape index (κ3) is 42.4. The van der Waals surface area contributed by atoms with Gasteiger partial charge >= 0.3 is 17.9 Å². The molecule has 0 aromatic carbocycles. The highest BCUT2D eigenvalue weighted by molar-refractivity contribution is 6.11. The summed E-state index contributed by atoms with van der Waals surface area (Å²) >= 11 is 0. The van der Waals surface area contributed by atoms with Crippen LogP contribution >= 0.6 is 0 Å². The molecule has 0 unspecified atom stereocenters. The molecule has 1 aliphatic rings. The Balaban J connectivity index is -0.000000337. The summed E-state index contributed by atoms with van der Waals surface area (Å²) in [7, 11) is 3.63. The van der Waals surface area contributed by atoms with E-state index >= 15 is 0 Å². The molecule has 10 heteroatoms. The number of carboxylic acids is 3. The average molecular weight is 460 g/mol. The minimum absolute atomic E-state index is 0.504. The number of rotatable bonds is 9. The van der Waals surface area contributed by atoms with Gasteiger partial charge in [0.2, 0.25) is 0 Å². The minimum Gasteiger partial charge on any atom is -0.501 e. The van der Waals surface area contributed by atoms with Gasteiger partial charge in [0.05, 0.1) is 56.8 Å². The molecule has 177 valence electrons. The molecular formula is C21H35O9Si. The van der Waals surface area contributed by atoms with E-state index < -0.39 is 17.9 Å². The largest absolute Gasteiger partial charge is 0.501 e. The van der Waals surface area contributed by atoms with Crippen molar-refractivity contribution in [3.8, 4) is 0 Å². The third-order valence-corrected chi connectivity index (χ3v) is 3.60. The van der Waals surface area contributed by atoms with Crippen molar-refractivity contribution in [3.05, 3.63) is 37.0 Å². The van der Waals surface area contributed by atoms with Crippen molar-refractivity contribution < 1.29 is 43.9 Å². The van der Waals surface area contributed by atoms with Crippen LogP contribution in [0.3, 0.4) is 0 Å². The monoisotopic (exact) mass is 459 g/mol. The van der Waals surface area contributed by atoms with Gasteiger partial charge < -0.3 is 29.5 Å². The highest BCUT2D eigenvalue weighted by Crippen LogP contribution is 2.24. The average Bonchev–Trinajstić information content (AvgIpc) is 2.70. The van der Waals surface area contributed by atoms with Gasteiger partial charge in [-0.3, -0.25) is 0 Å². The molecule has 1 aliphatic carbocycles. The second-order valence-electron chi connectivity index (χ2n) is 5.62. The van der Waals surface area contributed by atoms with Crippen molar-refractivity contribution in [2.75, 3.05) is 19.8 Å². The standard InChI is InChI=1S/C6H11Si.3C5H8O3/c7-6-4-2-1-3-5-6;3*1-2-8-4-3-5(6)7/h6H,1-5H2;3*3-4H,2H2,1H3,(H,6,7). The summed E-state index contributed by atoms with van der Waals surface area (Å²) in [5, 5.41) is 23.9. The molecule has 0 aromatic heterocycles. The lowest BCUT2D eigenvalue weighted by molar-refractivity contribution is -0.132. The normalized spacial score (nSPS) is 13.2. The molecule has 0 bridgehead atoms. The lowest BCUT2D eigenvalue weighted by atomic mass is 10.0. The number of carboxylic acid groups (broad SMARTS) is 3. The summed E-state index contributed by atoms with van der Waals surface area (Å²) in [6, 6.07) is 0. The zero-order chi connectivity index (χ0) is 24.3. The Labute approximate surface area is 187 Å². The van der Waals surface area contributed by atoms with Gasteiger partial charge in [-0.15, -0.1) is 0 Å². The maximum atomic E-state index is 9.71. The smallest absolute Gasteiger partial charge is 0.331 e. The summed E-state index contributed by atoms with van der Waals surface area (Å²) in [5.74, 6) is -2.96. The summed E-state index contributed by atoms with van der Waals surface area (Å²) in [6.45, 7) is 6.86. The predicted octanol–water partition coefficient (Wildman–Crippen LogP) is 3.77. The molecule has 0 amide bonds. The van der Waals surface area contributed by atoms with Crippen LogP contribution in [0.2, 0.25) is 5.54 Å². The van der Waals surface area contributed by atoms with Crippen LogP contribution in [0.25, 0.3) is 0 Å². The maximum absolute atomic E-state index is 9.71. The van der Waals surface area contributed by atoms with Crippen molar-refractivity contribution >= 4 is 28.2 Å².